The van der Waals surface area contributed by atoms with Crippen molar-refractivity contribution in [3.63, 3.8) is 0 Å². The van der Waals surface area contributed by atoms with E-state index in [0.29, 0.717) is 19.0 Å². The molecule has 1 atom stereocenters. The van der Waals surface area contributed by atoms with Crippen LogP contribution >= 0.6 is 0 Å². The van der Waals surface area contributed by atoms with Crippen LogP contribution in [0.2, 0.25) is 0 Å². The molecule has 114 valence electrons. The van der Waals surface area contributed by atoms with Crippen molar-refractivity contribution in [2.45, 2.75) is 25.3 Å². The molecule has 0 saturated carbocycles. The summed E-state index contributed by atoms with van der Waals surface area (Å²) in [4.78, 5) is 25.6. The van der Waals surface area contributed by atoms with Gasteiger partial charge in [0.05, 0.1) is 11.3 Å². The fourth-order valence-electron chi connectivity index (χ4n) is 2.50. The minimum atomic E-state index is -0.979. The van der Waals surface area contributed by atoms with Crippen molar-refractivity contribution >= 4 is 17.5 Å². The van der Waals surface area contributed by atoms with Crippen molar-refractivity contribution < 1.29 is 18.4 Å². The fourth-order valence-corrected chi connectivity index (χ4v) is 2.50. The van der Waals surface area contributed by atoms with Crippen LogP contribution in [0.25, 0.3) is 0 Å². The number of hydrogen-bond donors (Lipinski definition) is 2. The number of halogens is 2. The number of nitrogens with two attached hydrogens (primary N) is 1. The Kier molecular flexibility index (Phi) is 4.40. The van der Waals surface area contributed by atoms with Crippen LogP contribution in [0, 0.1) is 11.6 Å². The van der Waals surface area contributed by atoms with Gasteiger partial charge in [-0.1, -0.05) is 0 Å². The van der Waals surface area contributed by atoms with E-state index in [1.54, 1.807) is 0 Å². The summed E-state index contributed by atoms with van der Waals surface area (Å²) >= 11 is 0. The largest absolute Gasteiger partial charge is 0.396 e. The Labute approximate surface area is 121 Å². The summed E-state index contributed by atoms with van der Waals surface area (Å²) in [5.74, 6) is -2.83. The lowest BCUT2D eigenvalue weighted by molar-refractivity contribution is -0.126. The predicted octanol–water partition coefficient (Wildman–Crippen LogP) is 1.29. The van der Waals surface area contributed by atoms with Crippen LogP contribution in [0.3, 0.4) is 0 Å². The second-order valence-corrected chi connectivity index (χ2v) is 4.98. The topological polar surface area (TPSA) is 75.4 Å². The molecule has 0 aromatic heterocycles. The number of carbonyl (C=O) groups is 2. The molecule has 1 fully saturated rings. The molecule has 1 aromatic rings. The van der Waals surface area contributed by atoms with E-state index in [2.05, 4.69) is 5.32 Å². The third-order valence-electron chi connectivity index (χ3n) is 3.63. The minimum Gasteiger partial charge on any atom is -0.396 e. The van der Waals surface area contributed by atoms with Crippen LogP contribution in [0.15, 0.2) is 12.1 Å². The summed E-state index contributed by atoms with van der Waals surface area (Å²) in [5.41, 5.74) is 4.77. The van der Waals surface area contributed by atoms with E-state index in [0.717, 1.165) is 18.9 Å². The van der Waals surface area contributed by atoms with E-state index in [4.69, 9.17) is 5.73 Å². The Balaban J connectivity index is 2.33. The average molecular weight is 297 g/mol. The molecular formula is C14H17F2N3O2. The maximum atomic E-state index is 13.8. The number of nitrogens with one attached hydrogen (secondary N) is 1. The van der Waals surface area contributed by atoms with Gasteiger partial charge in [-0.2, -0.15) is 0 Å². The van der Waals surface area contributed by atoms with E-state index in [9.17, 15) is 18.4 Å². The molecule has 2 amide bonds. The summed E-state index contributed by atoms with van der Waals surface area (Å²) in [6.45, 7) is 0.355. The molecule has 1 aliphatic rings. The number of anilines is 1. The third kappa shape index (κ3) is 2.96. The Morgan fingerprint density at radius 1 is 1.29 bits per heavy atom. The highest BCUT2D eigenvalue weighted by Gasteiger charge is 2.33. The zero-order valence-electron chi connectivity index (χ0n) is 11.7. The van der Waals surface area contributed by atoms with Crippen molar-refractivity contribution in [1.29, 1.82) is 0 Å². The quantitative estimate of drug-likeness (QED) is 0.808. The maximum Gasteiger partial charge on any atom is 0.257 e. The number of rotatable bonds is 2. The van der Waals surface area contributed by atoms with Crippen molar-refractivity contribution in [3.05, 3.63) is 29.3 Å². The monoisotopic (exact) mass is 297 g/mol. The average Bonchev–Trinajstić information content (AvgIpc) is 2.49. The van der Waals surface area contributed by atoms with Gasteiger partial charge < -0.3 is 16.0 Å². The van der Waals surface area contributed by atoms with Crippen molar-refractivity contribution in [2.75, 3.05) is 19.3 Å². The van der Waals surface area contributed by atoms with Gasteiger partial charge in [-0.25, -0.2) is 8.78 Å². The van der Waals surface area contributed by atoms with E-state index < -0.39 is 23.6 Å². The molecule has 1 aliphatic heterocycles. The molecule has 1 aromatic carbocycles. The van der Waals surface area contributed by atoms with Gasteiger partial charge in [0.1, 0.15) is 17.7 Å². The second-order valence-electron chi connectivity index (χ2n) is 4.98. The zero-order valence-corrected chi connectivity index (χ0v) is 11.7. The molecule has 21 heavy (non-hydrogen) atoms. The number of likely N-dealkylation sites (tertiary alicyclic amines) is 1. The van der Waals surface area contributed by atoms with Gasteiger partial charge in [0.15, 0.2) is 0 Å². The van der Waals surface area contributed by atoms with Crippen LogP contribution in [0.4, 0.5) is 14.5 Å². The van der Waals surface area contributed by atoms with E-state index in [-0.39, 0.29) is 17.2 Å². The summed E-state index contributed by atoms with van der Waals surface area (Å²) in [6, 6.07) is 0.922. The molecular weight excluding hydrogens is 280 g/mol. The molecule has 0 spiro atoms. The molecule has 5 nitrogen and oxygen atoms in total. The molecule has 1 unspecified atom stereocenters. The van der Waals surface area contributed by atoms with Crippen molar-refractivity contribution in [2.24, 2.45) is 0 Å². The van der Waals surface area contributed by atoms with Gasteiger partial charge in [0, 0.05) is 19.7 Å². The van der Waals surface area contributed by atoms with Gasteiger partial charge in [-0.15, -0.1) is 0 Å². The lowest BCUT2D eigenvalue weighted by Gasteiger charge is -2.34. The molecule has 0 bridgehead atoms. The number of nitrogen functional groups attached to an aromatic ring is 1. The molecule has 1 heterocycles. The number of benzene rings is 1. The molecule has 7 heteroatoms. The standard InChI is InChI=1S/C14H17F2N3O2/c1-18-13(20)12-4-2-3-5-19(12)14(21)8-6-11(17)10(16)7-9(8)15/h6-7,12H,2-5,17H2,1H3,(H,18,20). The van der Waals surface area contributed by atoms with Crippen molar-refractivity contribution in [3.8, 4) is 0 Å². The Morgan fingerprint density at radius 2 is 2.00 bits per heavy atom. The van der Waals surface area contributed by atoms with Gasteiger partial charge in [0.2, 0.25) is 5.91 Å². The number of amides is 2. The highest BCUT2D eigenvalue weighted by molar-refractivity contribution is 5.98. The van der Waals surface area contributed by atoms with E-state index >= 15 is 0 Å². The first-order chi connectivity index (χ1) is 9.95. The smallest absolute Gasteiger partial charge is 0.257 e. The van der Waals surface area contributed by atoms with Crippen LogP contribution in [0.1, 0.15) is 29.6 Å². The molecule has 0 radical (unpaired) electrons. The molecule has 0 aliphatic carbocycles. The summed E-state index contributed by atoms with van der Waals surface area (Å²) < 4.78 is 27.0. The van der Waals surface area contributed by atoms with Gasteiger partial charge in [-0.3, -0.25) is 9.59 Å². The lowest BCUT2D eigenvalue weighted by atomic mass is 9.99. The summed E-state index contributed by atoms with van der Waals surface area (Å²) in [7, 11) is 1.48. The fraction of sp³-hybridized carbons (Fsp3) is 0.429. The SMILES string of the molecule is CNC(=O)C1CCCCN1C(=O)c1cc(N)c(F)cc1F. The molecule has 3 N–H and O–H groups in total. The first kappa shape index (κ1) is 15.2. The van der Waals surface area contributed by atoms with Gasteiger partial charge in [0.25, 0.3) is 5.91 Å². The molecule has 1 saturated heterocycles. The number of likely N-dealkylation sites (N-methyl/N-ethyl adjacent to an activating group) is 1. The lowest BCUT2D eigenvalue weighted by Crippen LogP contribution is -2.51. The second kappa shape index (κ2) is 6.07. The van der Waals surface area contributed by atoms with E-state index in [1.807, 2.05) is 0 Å². The first-order valence-electron chi connectivity index (χ1n) is 6.72. The normalized spacial score (nSPS) is 18.4. The zero-order chi connectivity index (χ0) is 15.6. The Hall–Kier alpha value is -2.18. The van der Waals surface area contributed by atoms with Crippen molar-refractivity contribution in [1.82, 2.24) is 10.2 Å². The van der Waals surface area contributed by atoms with Gasteiger partial charge in [-0.05, 0) is 25.3 Å². The predicted molar refractivity (Wildman–Crippen MR) is 73.5 cm³/mol. The Bertz CT molecular complexity index is 578. The minimum absolute atomic E-state index is 0.293. The number of hydrogen-bond acceptors (Lipinski definition) is 3. The number of nitrogens with zero attached hydrogens (tertiary/aromatic N) is 1. The maximum absolute atomic E-state index is 13.8. The Morgan fingerprint density at radius 3 is 2.67 bits per heavy atom. The van der Waals surface area contributed by atoms with Crippen LogP contribution in [0.5, 0.6) is 0 Å². The van der Waals surface area contributed by atoms with Crippen LogP contribution < -0.4 is 11.1 Å². The highest BCUT2D eigenvalue weighted by atomic mass is 19.1. The summed E-state index contributed by atoms with van der Waals surface area (Å²) in [6.07, 6.45) is 2.07. The third-order valence-corrected chi connectivity index (χ3v) is 3.63. The summed E-state index contributed by atoms with van der Waals surface area (Å²) in [5, 5.41) is 2.49. The number of piperidine rings is 1. The highest BCUT2D eigenvalue weighted by Crippen LogP contribution is 2.23. The van der Waals surface area contributed by atoms with Crippen LogP contribution in [-0.4, -0.2) is 36.3 Å². The first-order valence-corrected chi connectivity index (χ1v) is 6.72. The van der Waals surface area contributed by atoms with E-state index in [1.165, 1.54) is 11.9 Å². The molecule has 2 rings (SSSR count). The van der Waals surface area contributed by atoms with Gasteiger partial charge >= 0.3 is 0 Å². The number of carbonyl (C=O) groups excluding carboxylic acids is 2. The van der Waals surface area contributed by atoms with Crippen LogP contribution in [-0.2, 0) is 4.79 Å².